The van der Waals surface area contributed by atoms with Crippen molar-refractivity contribution in [2.45, 2.75) is 51.4 Å². The molecular formula is C28H28F3N5O3. The van der Waals surface area contributed by atoms with Crippen LogP contribution in [0.1, 0.15) is 53.0 Å². The number of aliphatic hydroxyl groups is 1. The molecule has 1 aliphatic rings. The largest absolute Gasteiger partial charge is 0.475 e. The molecular weight excluding hydrogens is 511 g/mol. The van der Waals surface area contributed by atoms with Crippen molar-refractivity contribution < 1.29 is 28.2 Å². The zero-order valence-corrected chi connectivity index (χ0v) is 21.2. The number of fused-ring (bicyclic) bond motifs is 1. The van der Waals surface area contributed by atoms with Gasteiger partial charge in [-0.15, -0.1) is 0 Å². The second kappa shape index (κ2) is 10.6. The van der Waals surface area contributed by atoms with Gasteiger partial charge in [0.05, 0.1) is 5.56 Å². The summed E-state index contributed by atoms with van der Waals surface area (Å²) >= 11 is 0. The van der Waals surface area contributed by atoms with E-state index in [0.717, 1.165) is 48.9 Å². The monoisotopic (exact) mass is 539 g/mol. The van der Waals surface area contributed by atoms with Crippen LogP contribution >= 0.6 is 0 Å². The molecule has 39 heavy (non-hydrogen) atoms. The number of nitrogens with one attached hydrogen (secondary N) is 1. The third-order valence-corrected chi connectivity index (χ3v) is 7.14. The number of benzene rings is 2. The summed E-state index contributed by atoms with van der Waals surface area (Å²) in [6.45, 7) is 2.23. The highest BCUT2D eigenvalue weighted by Crippen LogP contribution is 2.33. The summed E-state index contributed by atoms with van der Waals surface area (Å²) in [5.74, 6) is -0.649. The van der Waals surface area contributed by atoms with Gasteiger partial charge in [-0.1, -0.05) is 35.9 Å². The summed E-state index contributed by atoms with van der Waals surface area (Å²) in [5.41, 5.74) is 2.25. The molecule has 1 fully saturated rings. The molecule has 0 atom stereocenters. The summed E-state index contributed by atoms with van der Waals surface area (Å²) in [6, 6.07) is 12.5. The van der Waals surface area contributed by atoms with Crippen molar-refractivity contribution in [3.63, 3.8) is 0 Å². The van der Waals surface area contributed by atoms with Gasteiger partial charge in [0.25, 0.3) is 0 Å². The summed E-state index contributed by atoms with van der Waals surface area (Å²) in [4.78, 5) is 25.1. The van der Waals surface area contributed by atoms with Crippen LogP contribution in [-0.2, 0) is 12.7 Å². The summed E-state index contributed by atoms with van der Waals surface area (Å²) in [7, 11) is 0. The Bertz CT molecular complexity index is 1490. The van der Waals surface area contributed by atoms with Gasteiger partial charge >= 0.3 is 12.1 Å². The van der Waals surface area contributed by atoms with E-state index in [1.807, 2.05) is 35.8 Å². The van der Waals surface area contributed by atoms with E-state index in [1.54, 1.807) is 0 Å². The number of aryl methyl sites for hydroxylation is 1. The second-order valence-corrected chi connectivity index (χ2v) is 10.0. The SMILES string of the molecule is Cc1cccc(-c2nc3nc(C(=O)O)nc(NC4CCC(CO)CC4)c3n2Cc2ccc(C(F)(F)F)cc2)c1. The van der Waals surface area contributed by atoms with Crippen molar-refractivity contribution in [1.29, 1.82) is 0 Å². The molecule has 4 aromatic rings. The number of imidazole rings is 1. The maximum absolute atomic E-state index is 13.2. The molecule has 0 aliphatic heterocycles. The molecule has 11 heteroatoms. The molecule has 0 bridgehead atoms. The minimum Gasteiger partial charge on any atom is -0.475 e. The summed E-state index contributed by atoms with van der Waals surface area (Å²) in [6.07, 6.45) is -1.24. The number of hydrogen-bond donors (Lipinski definition) is 3. The molecule has 1 saturated carbocycles. The Labute approximate surface area is 222 Å². The van der Waals surface area contributed by atoms with Crippen LogP contribution in [-0.4, -0.2) is 48.4 Å². The number of anilines is 1. The van der Waals surface area contributed by atoms with Crippen molar-refractivity contribution in [1.82, 2.24) is 19.5 Å². The number of nitrogens with zero attached hydrogens (tertiary/aromatic N) is 4. The van der Waals surface area contributed by atoms with E-state index in [9.17, 15) is 28.2 Å². The first-order chi connectivity index (χ1) is 18.6. The maximum atomic E-state index is 13.2. The third-order valence-electron chi connectivity index (χ3n) is 7.14. The van der Waals surface area contributed by atoms with Gasteiger partial charge in [-0.2, -0.15) is 13.2 Å². The molecule has 0 amide bonds. The van der Waals surface area contributed by atoms with Crippen molar-refractivity contribution in [3.8, 4) is 11.4 Å². The topological polar surface area (TPSA) is 113 Å². The van der Waals surface area contributed by atoms with E-state index in [0.29, 0.717) is 22.7 Å². The molecule has 1 aliphatic carbocycles. The van der Waals surface area contributed by atoms with Gasteiger partial charge in [-0.3, -0.25) is 0 Å². The standard InChI is InChI=1S/C28H28F3N5O3/c1-16-3-2-4-19(13-16)26-35-24-22(36(26)14-17-5-9-20(10-6-17)28(29,30)31)23(33-25(34-24)27(38)39)32-21-11-7-18(15-37)8-12-21/h2-6,9-10,13,18,21,37H,7-8,11-12,14-15H2,1H3,(H,38,39)(H,32,33,34). The fourth-order valence-corrected chi connectivity index (χ4v) is 5.06. The lowest BCUT2D eigenvalue weighted by atomic mass is 9.86. The molecule has 3 N–H and O–H groups in total. The predicted molar refractivity (Wildman–Crippen MR) is 139 cm³/mol. The van der Waals surface area contributed by atoms with Crippen LogP contribution in [0.15, 0.2) is 48.5 Å². The van der Waals surface area contributed by atoms with Crippen molar-refractivity contribution in [3.05, 3.63) is 71.0 Å². The number of carbonyl (C=O) groups is 1. The van der Waals surface area contributed by atoms with E-state index in [-0.39, 0.29) is 30.8 Å². The molecule has 0 unspecified atom stereocenters. The maximum Gasteiger partial charge on any atom is 0.416 e. The average Bonchev–Trinajstić information content (AvgIpc) is 3.27. The number of carboxylic acid groups (broad SMARTS) is 1. The molecule has 2 aromatic heterocycles. The first-order valence-corrected chi connectivity index (χ1v) is 12.7. The molecule has 8 nitrogen and oxygen atoms in total. The Hall–Kier alpha value is -3.99. The highest BCUT2D eigenvalue weighted by molar-refractivity contribution is 5.92. The Morgan fingerprint density at radius 1 is 1.05 bits per heavy atom. The van der Waals surface area contributed by atoms with Gasteiger partial charge in [0.15, 0.2) is 11.5 Å². The van der Waals surface area contributed by atoms with Crippen LogP contribution in [0, 0.1) is 12.8 Å². The number of rotatable bonds is 7. The van der Waals surface area contributed by atoms with Gasteiger partial charge in [0.2, 0.25) is 5.82 Å². The number of hydrogen-bond acceptors (Lipinski definition) is 6. The highest BCUT2D eigenvalue weighted by Gasteiger charge is 2.30. The molecule has 2 aromatic carbocycles. The second-order valence-electron chi connectivity index (χ2n) is 10.0. The highest BCUT2D eigenvalue weighted by atomic mass is 19.4. The molecule has 204 valence electrons. The van der Waals surface area contributed by atoms with Gasteiger partial charge in [0.1, 0.15) is 11.3 Å². The lowest BCUT2D eigenvalue weighted by molar-refractivity contribution is -0.137. The van der Waals surface area contributed by atoms with Crippen LogP contribution < -0.4 is 5.32 Å². The van der Waals surface area contributed by atoms with E-state index in [1.165, 1.54) is 12.1 Å². The van der Waals surface area contributed by atoms with Crippen LogP contribution in [0.4, 0.5) is 19.0 Å². The van der Waals surface area contributed by atoms with Gasteiger partial charge in [-0.05, 0) is 62.3 Å². The number of aromatic carboxylic acids is 1. The predicted octanol–water partition coefficient (Wildman–Crippen LogP) is 5.53. The normalized spacial score (nSPS) is 17.9. The molecule has 5 rings (SSSR count). The van der Waals surface area contributed by atoms with E-state index in [2.05, 4.69) is 15.3 Å². The lowest BCUT2D eigenvalue weighted by Gasteiger charge is -2.28. The Kier molecular flexibility index (Phi) is 7.26. The first-order valence-electron chi connectivity index (χ1n) is 12.7. The van der Waals surface area contributed by atoms with Crippen LogP contribution in [0.5, 0.6) is 0 Å². The van der Waals surface area contributed by atoms with Crippen molar-refractivity contribution >= 4 is 23.0 Å². The Balaban J connectivity index is 1.64. The van der Waals surface area contributed by atoms with E-state index < -0.39 is 23.5 Å². The third kappa shape index (κ3) is 5.73. The summed E-state index contributed by atoms with van der Waals surface area (Å²) in [5, 5.41) is 22.6. The zero-order chi connectivity index (χ0) is 27.7. The molecule has 0 spiro atoms. The van der Waals surface area contributed by atoms with Crippen molar-refractivity contribution in [2.24, 2.45) is 5.92 Å². The number of carboxylic acids is 1. The lowest BCUT2D eigenvalue weighted by Crippen LogP contribution is -2.28. The molecule has 2 heterocycles. The van der Waals surface area contributed by atoms with E-state index in [4.69, 9.17) is 4.98 Å². The molecule has 0 radical (unpaired) electrons. The smallest absolute Gasteiger partial charge is 0.416 e. The Morgan fingerprint density at radius 2 is 1.77 bits per heavy atom. The zero-order valence-electron chi connectivity index (χ0n) is 21.2. The number of alkyl halides is 3. The number of halogens is 3. The molecule has 0 saturated heterocycles. The quantitative estimate of drug-likeness (QED) is 0.283. The van der Waals surface area contributed by atoms with Crippen LogP contribution in [0.3, 0.4) is 0 Å². The minimum atomic E-state index is -4.44. The van der Waals surface area contributed by atoms with Crippen LogP contribution in [0.2, 0.25) is 0 Å². The average molecular weight is 540 g/mol. The fourth-order valence-electron chi connectivity index (χ4n) is 5.06. The number of aliphatic hydroxyl groups excluding tert-OH is 1. The fraction of sp³-hybridized carbons (Fsp3) is 0.357. The van der Waals surface area contributed by atoms with Crippen molar-refractivity contribution in [2.75, 3.05) is 11.9 Å². The minimum absolute atomic E-state index is 0.00406. The van der Waals surface area contributed by atoms with Gasteiger partial charge in [-0.25, -0.2) is 19.7 Å². The van der Waals surface area contributed by atoms with Crippen LogP contribution in [0.25, 0.3) is 22.6 Å². The van der Waals surface area contributed by atoms with E-state index >= 15 is 0 Å². The number of aromatic nitrogens is 4. The van der Waals surface area contributed by atoms with Gasteiger partial charge < -0.3 is 20.1 Å². The van der Waals surface area contributed by atoms with Gasteiger partial charge in [0, 0.05) is 24.8 Å². The first kappa shape index (κ1) is 26.6. The summed E-state index contributed by atoms with van der Waals surface area (Å²) < 4.78 is 41.3. The Morgan fingerprint density at radius 3 is 2.38 bits per heavy atom.